The minimum absolute atomic E-state index is 0.0735. The molecule has 2 rings (SSSR count). The van der Waals surface area contributed by atoms with Crippen LogP contribution in [0.3, 0.4) is 0 Å². The molecule has 0 aliphatic heterocycles. The number of carbonyl (C=O) groups is 1. The van der Waals surface area contributed by atoms with Gasteiger partial charge in [-0.1, -0.05) is 12.5 Å². The first-order valence-electron chi connectivity index (χ1n) is 5.63. The van der Waals surface area contributed by atoms with Crippen molar-refractivity contribution in [2.75, 3.05) is 0 Å². The Hall–Kier alpha value is -1.25. The number of halogens is 2. The third-order valence-corrected chi connectivity index (χ3v) is 3.13. The lowest BCUT2D eigenvalue weighted by Gasteiger charge is -2.14. The fourth-order valence-electron chi connectivity index (χ4n) is 2.29. The number of hydrogen-bond donors (Lipinski definition) is 0. The van der Waals surface area contributed by atoms with Crippen LogP contribution in [-0.4, -0.2) is 5.78 Å². The monoisotopic (exact) mass is 224 g/mol. The SMILES string of the molecule is O=C1CCCCC(c2ccc(F)cc2F)C1. The number of ketones is 1. The van der Waals surface area contributed by atoms with Crippen LogP contribution >= 0.6 is 0 Å². The highest BCUT2D eigenvalue weighted by atomic mass is 19.1. The largest absolute Gasteiger partial charge is 0.300 e. The van der Waals surface area contributed by atoms with Crippen LogP contribution in [0.2, 0.25) is 0 Å². The van der Waals surface area contributed by atoms with Crippen LogP contribution in [0.5, 0.6) is 0 Å². The third kappa shape index (κ3) is 2.46. The summed E-state index contributed by atoms with van der Waals surface area (Å²) in [6.07, 6.45) is 3.63. The molecule has 1 unspecified atom stereocenters. The van der Waals surface area contributed by atoms with Gasteiger partial charge in [-0.15, -0.1) is 0 Å². The van der Waals surface area contributed by atoms with Crippen LogP contribution < -0.4 is 0 Å². The Bertz CT molecular complexity index is 401. The first kappa shape index (κ1) is 11.2. The summed E-state index contributed by atoms with van der Waals surface area (Å²) in [5.41, 5.74) is 0.483. The summed E-state index contributed by atoms with van der Waals surface area (Å²) in [5.74, 6) is -0.984. The van der Waals surface area contributed by atoms with Crippen LogP contribution in [0.25, 0.3) is 0 Å². The number of rotatable bonds is 1. The van der Waals surface area contributed by atoms with Gasteiger partial charge in [-0.25, -0.2) is 8.78 Å². The molecule has 0 aromatic heterocycles. The molecular formula is C13H14F2O. The van der Waals surface area contributed by atoms with Crippen LogP contribution in [0.15, 0.2) is 18.2 Å². The fraction of sp³-hybridized carbons (Fsp3) is 0.462. The molecule has 0 radical (unpaired) electrons. The van der Waals surface area contributed by atoms with Crippen molar-refractivity contribution in [3.05, 3.63) is 35.4 Å². The summed E-state index contributed by atoms with van der Waals surface area (Å²) in [7, 11) is 0. The Morgan fingerprint density at radius 1 is 1.19 bits per heavy atom. The molecule has 0 N–H and O–H groups in total. The normalized spacial score (nSPS) is 21.9. The van der Waals surface area contributed by atoms with E-state index >= 15 is 0 Å². The highest BCUT2D eigenvalue weighted by molar-refractivity contribution is 5.79. The highest BCUT2D eigenvalue weighted by Crippen LogP contribution is 2.31. The molecular weight excluding hydrogens is 210 g/mol. The first-order chi connectivity index (χ1) is 7.66. The van der Waals surface area contributed by atoms with Gasteiger partial charge in [-0.3, -0.25) is 4.79 Å². The summed E-state index contributed by atoms with van der Waals surface area (Å²) in [4.78, 5) is 11.4. The molecule has 1 saturated carbocycles. The number of carbonyl (C=O) groups excluding carboxylic acids is 1. The van der Waals surface area contributed by atoms with Crippen LogP contribution in [0.4, 0.5) is 8.78 Å². The molecule has 3 heteroatoms. The van der Waals surface area contributed by atoms with Crippen molar-refractivity contribution in [3.63, 3.8) is 0 Å². The van der Waals surface area contributed by atoms with E-state index in [1.54, 1.807) is 0 Å². The average molecular weight is 224 g/mol. The van der Waals surface area contributed by atoms with E-state index in [0.717, 1.165) is 25.3 Å². The number of Topliss-reactive ketones (excluding diaryl/α,β-unsaturated/α-hetero) is 1. The third-order valence-electron chi connectivity index (χ3n) is 3.13. The summed E-state index contributed by atoms with van der Waals surface area (Å²) in [6.45, 7) is 0. The topological polar surface area (TPSA) is 17.1 Å². The molecule has 1 fully saturated rings. The van der Waals surface area contributed by atoms with Gasteiger partial charge < -0.3 is 0 Å². The van der Waals surface area contributed by atoms with Gasteiger partial charge in [-0.05, 0) is 30.4 Å². The summed E-state index contributed by atoms with van der Waals surface area (Å²) in [6, 6.07) is 3.62. The van der Waals surface area contributed by atoms with Gasteiger partial charge in [-0.2, -0.15) is 0 Å². The van der Waals surface area contributed by atoms with Crippen LogP contribution in [-0.2, 0) is 4.79 Å². The van der Waals surface area contributed by atoms with E-state index in [4.69, 9.17) is 0 Å². The van der Waals surface area contributed by atoms with Gasteiger partial charge in [0.05, 0.1) is 0 Å². The maximum Gasteiger partial charge on any atom is 0.133 e. The van der Waals surface area contributed by atoms with Gasteiger partial charge in [0.1, 0.15) is 17.4 Å². The molecule has 0 spiro atoms. The van der Waals surface area contributed by atoms with Crippen molar-refractivity contribution < 1.29 is 13.6 Å². The first-order valence-corrected chi connectivity index (χ1v) is 5.63. The average Bonchev–Trinajstić information content (AvgIpc) is 2.43. The fourth-order valence-corrected chi connectivity index (χ4v) is 2.29. The van der Waals surface area contributed by atoms with E-state index in [9.17, 15) is 13.6 Å². The molecule has 1 nitrogen and oxygen atoms in total. The van der Waals surface area contributed by atoms with Crippen molar-refractivity contribution in [1.29, 1.82) is 0 Å². The molecule has 0 bridgehead atoms. The second-order valence-corrected chi connectivity index (χ2v) is 4.35. The predicted octanol–water partition coefficient (Wildman–Crippen LogP) is 3.58. The van der Waals surface area contributed by atoms with E-state index in [1.165, 1.54) is 12.1 Å². The zero-order valence-electron chi connectivity index (χ0n) is 9.01. The van der Waals surface area contributed by atoms with Gasteiger partial charge in [0.15, 0.2) is 0 Å². The van der Waals surface area contributed by atoms with Gasteiger partial charge in [0, 0.05) is 18.9 Å². The molecule has 1 aliphatic rings. The summed E-state index contributed by atoms with van der Waals surface area (Å²) < 4.78 is 26.3. The van der Waals surface area contributed by atoms with Crippen molar-refractivity contribution in [2.45, 2.75) is 38.0 Å². The van der Waals surface area contributed by atoms with E-state index in [-0.39, 0.29) is 11.7 Å². The van der Waals surface area contributed by atoms with Gasteiger partial charge in [0.2, 0.25) is 0 Å². The minimum atomic E-state index is -0.568. The zero-order chi connectivity index (χ0) is 11.5. The van der Waals surface area contributed by atoms with Crippen molar-refractivity contribution in [3.8, 4) is 0 Å². The van der Waals surface area contributed by atoms with Crippen molar-refractivity contribution >= 4 is 5.78 Å². The minimum Gasteiger partial charge on any atom is -0.300 e. The molecule has 0 saturated heterocycles. The molecule has 1 aromatic rings. The lowest BCUT2D eigenvalue weighted by Crippen LogP contribution is -2.06. The molecule has 1 aromatic carbocycles. The van der Waals surface area contributed by atoms with Gasteiger partial charge in [0.25, 0.3) is 0 Å². The maximum absolute atomic E-state index is 13.5. The molecule has 0 amide bonds. The number of hydrogen-bond acceptors (Lipinski definition) is 1. The van der Waals surface area contributed by atoms with E-state index < -0.39 is 11.6 Å². The van der Waals surface area contributed by atoms with E-state index in [2.05, 4.69) is 0 Å². The summed E-state index contributed by atoms with van der Waals surface area (Å²) in [5, 5.41) is 0. The molecule has 1 atom stereocenters. The molecule has 86 valence electrons. The van der Waals surface area contributed by atoms with Crippen LogP contribution in [0.1, 0.15) is 43.6 Å². The van der Waals surface area contributed by atoms with Gasteiger partial charge >= 0.3 is 0 Å². The lowest BCUT2D eigenvalue weighted by atomic mass is 9.91. The van der Waals surface area contributed by atoms with Crippen molar-refractivity contribution in [2.24, 2.45) is 0 Å². The quantitative estimate of drug-likeness (QED) is 0.666. The summed E-state index contributed by atoms with van der Waals surface area (Å²) >= 11 is 0. The molecule has 0 heterocycles. The Morgan fingerprint density at radius 2 is 2.00 bits per heavy atom. The highest BCUT2D eigenvalue weighted by Gasteiger charge is 2.21. The maximum atomic E-state index is 13.5. The zero-order valence-corrected chi connectivity index (χ0v) is 9.01. The predicted molar refractivity (Wildman–Crippen MR) is 57.2 cm³/mol. The Balaban J connectivity index is 2.24. The van der Waals surface area contributed by atoms with E-state index in [0.29, 0.717) is 18.4 Å². The Morgan fingerprint density at radius 3 is 2.75 bits per heavy atom. The van der Waals surface area contributed by atoms with Crippen LogP contribution in [0, 0.1) is 11.6 Å². The second-order valence-electron chi connectivity index (χ2n) is 4.35. The molecule has 1 aliphatic carbocycles. The smallest absolute Gasteiger partial charge is 0.133 e. The Labute approximate surface area is 93.5 Å². The van der Waals surface area contributed by atoms with Crippen molar-refractivity contribution in [1.82, 2.24) is 0 Å². The van der Waals surface area contributed by atoms with E-state index in [1.807, 2.05) is 0 Å². The standard InChI is InChI=1S/C13H14F2O/c14-10-5-6-12(13(15)8-10)9-3-1-2-4-11(16)7-9/h5-6,8-9H,1-4,7H2. The second kappa shape index (κ2) is 4.73. The lowest BCUT2D eigenvalue weighted by molar-refractivity contribution is -0.119. The number of benzene rings is 1. The Kier molecular flexibility index (Phi) is 3.32. The molecule has 16 heavy (non-hydrogen) atoms.